The predicted octanol–water partition coefficient (Wildman–Crippen LogP) is 6.89. The van der Waals surface area contributed by atoms with Crippen LogP contribution in [0.3, 0.4) is 0 Å². The van der Waals surface area contributed by atoms with Crippen molar-refractivity contribution >= 4 is 86.8 Å². The normalized spacial score (nSPS) is 17.5. The minimum Gasteiger partial charge on any atom is -0.346 e. The van der Waals surface area contributed by atoms with E-state index in [1.165, 1.54) is 26.8 Å². The van der Waals surface area contributed by atoms with E-state index in [9.17, 15) is 56.7 Å². The number of fused-ring (bicyclic) bond motifs is 3. The zero-order valence-electron chi connectivity index (χ0n) is 40.7. The van der Waals surface area contributed by atoms with Gasteiger partial charge in [-0.25, -0.2) is 0 Å². The lowest BCUT2D eigenvalue weighted by molar-refractivity contribution is -0.141. The number of imide groups is 1. The molecule has 0 bridgehead atoms. The number of benzene rings is 4. The Kier molecular flexibility index (Phi) is 15.1. The minimum atomic E-state index is -5.84. The van der Waals surface area contributed by atoms with Gasteiger partial charge in [0.2, 0.25) is 29.5 Å². The van der Waals surface area contributed by atoms with E-state index in [0.29, 0.717) is 53.7 Å². The number of nitrogens with one attached hydrogen (secondary N) is 2. The number of likely N-dealkylation sites (tertiary alicyclic amines) is 1. The molecule has 382 valence electrons. The fourth-order valence-electron chi connectivity index (χ4n) is 9.49. The molecular weight excluding hydrogens is 982 g/mol. The molecule has 1 aromatic heterocycles. The molecule has 4 N–H and O–H groups in total. The lowest BCUT2D eigenvalue weighted by Crippen LogP contribution is -2.58. The van der Waals surface area contributed by atoms with Gasteiger partial charge < -0.3 is 34.7 Å². The van der Waals surface area contributed by atoms with Gasteiger partial charge in [-0.15, -0.1) is 11.3 Å². The van der Waals surface area contributed by atoms with Crippen molar-refractivity contribution in [3.63, 3.8) is 0 Å². The molecule has 20 heteroatoms. The number of thiophene rings is 1. The molecule has 3 atom stereocenters. The average molecular weight is 1040 g/mol. The summed E-state index contributed by atoms with van der Waals surface area (Å²) in [6, 6.07) is 20.0. The number of halogens is 2. The summed E-state index contributed by atoms with van der Waals surface area (Å²) in [5.41, 5.74) is -3.84. The molecule has 0 saturated carbocycles. The van der Waals surface area contributed by atoms with E-state index >= 15 is 0 Å². The maximum atomic E-state index is 14.9. The number of amides is 7. The Morgan fingerprint density at radius 3 is 2.41 bits per heavy atom. The highest BCUT2D eigenvalue weighted by molar-refractivity contribution is 7.52. The molecule has 2 saturated heterocycles. The van der Waals surface area contributed by atoms with Crippen LogP contribution in [0.5, 0.6) is 0 Å². The summed E-state index contributed by atoms with van der Waals surface area (Å²) >= 11 is 0.958. The van der Waals surface area contributed by atoms with Crippen LogP contribution in [0.25, 0.3) is 20.9 Å². The molecule has 5 aromatic rings. The van der Waals surface area contributed by atoms with Crippen molar-refractivity contribution in [2.45, 2.75) is 96.1 Å². The van der Waals surface area contributed by atoms with E-state index in [2.05, 4.69) is 22.5 Å². The fourth-order valence-corrected chi connectivity index (χ4v) is 10.9. The molecule has 8 rings (SSSR count). The first-order valence-corrected chi connectivity index (χ1v) is 26.3. The maximum absolute atomic E-state index is 14.9. The number of carbonyl (C=O) groups is 7. The fraction of sp³-hybridized carbons (Fsp3) is 0.377. The van der Waals surface area contributed by atoms with Gasteiger partial charge in [0.1, 0.15) is 18.1 Å². The number of hydrogen-bond acceptors (Lipinski definition) is 9. The highest BCUT2D eigenvalue weighted by Gasteiger charge is 2.50. The van der Waals surface area contributed by atoms with Crippen molar-refractivity contribution in [2.75, 3.05) is 31.6 Å². The van der Waals surface area contributed by atoms with Crippen molar-refractivity contribution in [1.82, 2.24) is 25.3 Å². The molecular formula is C53H55F2N6O10PS. The Hall–Kier alpha value is -6.84. The molecule has 0 spiro atoms. The first-order valence-electron chi connectivity index (χ1n) is 23.9. The standard InChI is InChI=1S/C53H55F2N6O10PS/c1-52(2,3)46(57-48(65)43-30-35-28-36(19-22-42(35)73-43)53(54,55)72(69,70)71)51(68)60-26-11-17-41(60)50(67)59(37-20-18-32-12-7-8-14-34(32)29-37)27-24-45(63)58(4)25-9-5-6-13-33-15-10-16-38-39(33)31-61(49(38)66)40-21-23-44(62)56-47(40)64/h7-8,10,12,14-16,18-20,22,28-30,40-41,46H,5,9,11,17,21,23-27,31H2,1-4H3,(H,57,65)(H,56,62,64)(H2,69,70,71)/t40?,41-,46?/m0/s1. The van der Waals surface area contributed by atoms with Gasteiger partial charge in [0.25, 0.3) is 11.8 Å². The SMILES string of the molecule is CN(CCCC#Cc1cccc2c1CN(C1CCC(=O)NC1=O)C2=O)C(=O)CCN(C(=O)[C@@H]1CCCN1C(=O)C(NC(=O)c1cc2cc(C(F)(F)P(=O)(O)O)ccc2s1)C(C)(C)C)c1ccc2ccccc2c1. The lowest BCUT2D eigenvalue weighted by Gasteiger charge is -2.36. The Balaban J connectivity index is 0.929. The van der Waals surface area contributed by atoms with Crippen LogP contribution in [0.15, 0.2) is 84.9 Å². The van der Waals surface area contributed by atoms with Crippen LogP contribution in [0.1, 0.15) is 102 Å². The smallest absolute Gasteiger partial charge is 0.346 e. The molecule has 3 aliphatic heterocycles. The predicted molar refractivity (Wildman–Crippen MR) is 270 cm³/mol. The van der Waals surface area contributed by atoms with E-state index < -0.39 is 66.0 Å². The Morgan fingerprint density at radius 1 is 0.932 bits per heavy atom. The molecule has 16 nitrogen and oxygen atoms in total. The highest BCUT2D eigenvalue weighted by atomic mass is 32.1. The molecule has 2 unspecified atom stereocenters. The van der Waals surface area contributed by atoms with E-state index in [1.54, 1.807) is 50.9 Å². The Labute approximate surface area is 424 Å². The first-order chi connectivity index (χ1) is 34.5. The van der Waals surface area contributed by atoms with Gasteiger partial charge in [0, 0.05) is 79.6 Å². The third kappa shape index (κ3) is 11.1. The summed E-state index contributed by atoms with van der Waals surface area (Å²) in [5.74, 6) is 3.38. The van der Waals surface area contributed by atoms with Crippen LogP contribution >= 0.6 is 18.9 Å². The van der Waals surface area contributed by atoms with E-state index in [-0.39, 0.29) is 66.9 Å². The van der Waals surface area contributed by atoms with E-state index in [4.69, 9.17) is 0 Å². The quantitative estimate of drug-likeness (QED) is 0.0391. The van der Waals surface area contributed by atoms with Crippen molar-refractivity contribution < 1.29 is 56.7 Å². The molecule has 3 aliphatic rings. The minimum absolute atomic E-state index is 0.000455. The average Bonchev–Trinajstić information content (AvgIpc) is 4.10. The number of carbonyl (C=O) groups excluding carboxylic acids is 7. The van der Waals surface area contributed by atoms with Gasteiger partial charge in [-0.2, -0.15) is 8.78 Å². The van der Waals surface area contributed by atoms with Crippen molar-refractivity contribution in [2.24, 2.45) is 5.41 Å². The highest BCUT2D eigenvalue weighted by Crippen LogP contribution is 2.59. The number of piperidine rings is 1. The molecule has 73 heavy (non-hydrogen) atoms. The maximum Gasteiger partial charge on any atom is 0.399 e. The second-order valence-corrected chi connectivity index (χ2v) is 22.4. The van der Waals surface area contributed by atoms with E-state index in [0.717, 1.165) is 39.8 Å². The number of hydrogen-bond donors (Lipinski definition) is 4. The van der Waals surface area contributed by atoms with Gasteiger partial charge in [0.05, 0.1) is 4.88 Å². The van der Waals surface area contributed by atoms with Gasteiger partial charge in [-0.05, 0) is 95.3 Å². The molecule has 2 fully saturated rings. The lowest BCUT2D eigenvalue weighted by atomic mass is 9.85. The zero-order valence-corrected chi connectivity index (χ0v) is 42.4. The van der Waals surface area contributed by atoms with Gasteiger partial charge in [0.15, 0.2) is 0 Å². The van der Waals surface area contributed by atoms with Gasteiger partial charge >= 0.3 is 13.3 Å². The van der Waals surface area contributed by atoms with E-state index in [1.807, 2.05) is 42.5 Å². The van der Waals surface area contributed by atoms with Crippen LogP contribution in [-0.2, 0) is 40.7 Å². The second-order valence-electron chi connectivity index (χ2n) is 19.6. The zero-order chi connectivity index (χ0) is 52.6. The van der Waals surface area contributed by atoms with Crippen molar-refractivity contribution in [3.05, 3.63) is 112 Å². The number of alkyl halides is 2. The van der Waals surface area contributed by atoms with Crippen LogP contribution in [-0.4, -0.2) is 111 Å². The monoisotopic (exact) mass is 1040 g/mol. The van der Waals surface area contributed by atoms with Crippen LogP contribution in [0.4, 0.5) is 14.5 Å². The molecule has 7 amide bonds. The summed E-state index contributed by atoms with van der Waals surface area (Å²) in [7, 11) is -4.16. The summed E-state index contributed by atoms with van der Waals surface area (Å²) in [6.45, 7) is 6.08. The summed E-state index contributed by atoms with van der Waals surface area (Å²) in [6.07, 6.45) is 2.16. The molecule has 4 heterocycles. The van der Waals surface area contributed by atoms with Crippen LogP contribution in [0.2, 0.25) is 0 Å². The second kappa shape index (κ2) is 20.9. The number of unbranched alkanes of at least 4 members (excludes halogenated alkanes) is 1. The third-order valence-electron chi connectivity index (χ3n) is 13.5. The topological polar surface area (TPSA) is 214 Å². The largest absolute Gasteiger partial charge is 0.399 e. The summed E-state index contributed by atoms with van der Waals surface area (Å²) in [4.78, 5) is 119. The molecule has 0 radical (unpaired) electrons. The van der Waals surface area contributed by atoms with Crippen molar-refractivity contribution in [1.29, 1.82) is 0 Å². The number of nitrogens with zero attached hydrogens (tertiary/aromatic N) is 4. The summed E-state index contributed by atoms with van der Waals surface area (Å²) in [5, 5.41) is 7.10. The number of anilines is 1. The van der Waals surface area contributed by atoms with Gasteiger partial charge in [-0.1, -0.05) is 75.1 Å². The van der Waals surface area contributed by atoms with Crippen molar-refractivity contribution in [3.8, 4) is 11.8 Å². The van der Waals surface area contributed by atoms with Gasteiger partial charge in [-0.3, -0.25) is 43.4 Å². The number of rotatable bonds is 14. The van der Waals surface area contributed by atoms with Crippen LogP contribution in [0, 0.1) is 17.3 Å². The molecule has 4 aromatic carbocycles. The first kappa shape index (κ1) is 52.5. The Morgan fingerprint density at radius 2 is 1.68 bits per heavy atom. The summed E-state index contributed by atoms with van der Waals surface area (Å²) < 4.78 is 41.0. The molecule has 0 aliphatic carbocycles. The Bertz CT molecular complexity index is 3180. The van der Waals surface area contributed by atoms with Crippen LogP contribution < -0.4 is 15.5 Å². The third-order valence-corrected chi connectivity index (χ3v) is 15.7.